The van der Waals surface area contributed by atoms with Crippen molar-refractivity contribution in [1.82, 2.24) is 5.32 Å². The first-order valence-electron chi connectivity index (χ1n) is 10.2. The molecule has 5 rings (SSSR count). The zero-order valence-electron chi connectivity index (χ0n) is 16.5. The highest BCUT2D eigenvalue weighted by atomic mass is 35.5. The Bertz CT molecular complexity index is 1110. The summed E-state index contributed by atoms with van der Waals surface area (Å²) >= 11 is 12.3. The van der Waals surface area contributed by atoms with Crippen molar-refractivity contribution < 1.29 is 4.79 Å². The zero-order chi connectivity index (χ0) is 20.7. The van der Waals surface area contributed by atoms with Crippen molar-refractivity contribution in [3.8, 4) is 0 Å². The van der Waals surface area contributed by atoms with Gasteiger partial charge in [-0.1, -0.05) is 71.7 Å². The lowest BCUT2D eigenvalue weighted by Gasteiger charge is -2.24. The highest BCUT2D eigenvalue weighted by molar-refractivity contribution is 6.42. The molecule has 3 aromatic rings. The fourth-order valence-electron chi connectivity index (χ4n) is 4.39. The summed E-state index contributed by atoms with van der Waals surface area (Å²) in [6, 6.07) is 22.0. The maximum Gasteiger partial charge on any atom is 0.254 e. The van der Waals surface area contributed by atoms with Gasteiger partial charge in [-0.15, -0.1) is 0 Å². The predicted octanol–water partition coefficient (Wildman–Crippen LogP) is 5.98. The highest BCUT2D eigenvalue weighted by Crippen LogP contribution is 2.46. The van der Waals surface area contributed by atoms with Crippen LogP contribution in [0, 0.1) is 0 Å². The SMILES string of the molecule is O=C(NC1(c2ccccc2)CC1)c1cccc2c1N(Cc1ccc(Cl)c(Cl)c1)CC2. The summed E-state index contributed by atoms with van der Waals surface area (Å²) in [5.74, 6) is -0.00533. The van der Waals surface area contributed by atoms with E-state index in [-0.39, 0.29) is 11.4 Å². The molecule has 1 aliphatic carbocycles. The van der Waals surface area contributed by atoms with Gasteiger partial charge >= 0.3 is 0 Å². The molecule has 0 bridgehead atoms. The second kappa shape index (κ2) is 7.64. The monoisotopic (exact) mass is 436 g/mol. The molecular formula is C25H22Cl2N2O. The van der Waals surface area contributed by atoms with Crippen LogP contribution in [0.2, 0.25) is 10.0 Å². The third kappa shape index (κ3) is 3.57. The maximum absolute atomic E-state index is 13.4. The fraction of sp³-hybridized carbons (Fsp3) is 0.240. The summed E-state index contributed by atoms with van der Waals surface area (Å²) in [6.07, 6.45) is 2.89. The lowest BCUT2D eigenvalue weighted by Crippen LogP contribution is -2.35. The summed E-state index contributed by atoms with van der Waals surface area (Å²) in [4.78, 5) is 15.6. The lowest BCUT2D eigenvalue weighted by atomic mass is 10.0. The molecule has 3 aromatic carbocycles. The van der Waals surface area contributed by atoms with Crippen molar-refractivity contribution in [2.45, 2.75) is 31.3 Å². The third-order valence-electron chi connectivity index (χ3n) is 6.12. The minimum Gasteiger partial charge on any atom is -0.366 e. The maximum atomic E-state index is 13.4. The van der Waals surface area contributed by atoms with Crippen molar-refractivity contribution in [2.75, 3.05) is 11.4 Å². The van der Waals surface area contributed by atoms with Gasteiger partial charge in [0.2, 0.25) is 0 Å². The first-order chi connectivity index (χ1) is 14.6. The van der Waals surface area contributed by atoms with E-state index in [2.05, 4.69) is 28.4 Å². The molecule has 1 saturated carbocycles. The van der Waals surface area contributed by atoms with Crippen LogP contribution in [0.15, 0.2) is 66.7 Å². The molecule has 0 radical (unpaired) electrons. The average molecular weight is 437 g/mol. The molecule has 3 nitrogen and oxygen atoms in total. The first-order valence-corrected chi connectivity index (χ1v) is 11.0. The van der Waals surface area contributed by atoms with E-state index in [0.717, 1.165) is 42.6 Å². The number of para-hydroxylation sites is 1. The van der Waals surface area contributed by atoms with Gasteiger partial charge in [0, 0.05) is 13.1 Å². The van der Waals surface area contributed by atoms with E-state index in [1.54, 1.807) is 0 Å². The third-order valence-corrected chi connectivity index (χ3v) is 6.86. The molecule has 0 spiro atoms. The van der Waals surface area contributed by atoms with Gasteiger partial charge in [0.1, 0.15) is 0 Å². The molecule has 0 aromatic heterocycles. The number of carbonyl (C=O) groups excluding carboxylic acids is 1. The van der Waals surface area contributed by atoms with Crippen LogP contribution in [0.1, 0.15) is 39.9 Å². The van der Waals surface area contributed by atoms with Gasteiger partial charge in [-0.25, -0.2) is 0 Å². The number of hydrogen-bond donors (Lipinski definition) is 1. The van der Waals surface area contributed by atoms with E-state index in [1.165, 1.54) is 11.1 Å². The van der Waals surface area contributed by atoms with Crippen LogP contribution >= 0.6 is 23.2 Å². The Kier molecular flexibility index (Phi) is 4.96. The normalized spacial score (nSPS) is 16.3. The number of halogens is 2. The van der Waals surface area contributed by atoms with E-state index in [1.807, 2.05) is 48.5 Å². The van der Waals surface area contributed by atoms with Crippen molar-refractivity contribution in [2.24, 2.45) is 0 Å². The van der Waals surface area contributed by atoms with Gasteiger partial charge in [-0.3, -0.25) is 4.79 Å². The molecule has 30 heavy (non-hydrogen) atoms. The van der Waals surface area contributed by atoms with Gasteiger partial charge in [-0.05, 0) is 54.2 Å². The van der Waals surface area contributed by atoms with E-state index in [0.29, 0.717) is 16.6 Å². The molecule has 1 fully saturated rings. The largest absolute Gasteiger partial charge is 0.366 e. The molecule has 5 heteroatoms. The molecule has 152 valence electrons. The lowest BCUT2D eigenvalue weighted by molar-refractivity contribution is 0.0931. The summed E-state index contributed by atoms with van der Waals surface area (Å²) in [5.41, 5.74) is 5.02. The Morgan fingerprint density at radius 1 is 0.967 bits per heavy atom. The van der Waals surface area contributed by atoms with E-state index >= 15 is 0 Å². The van der Waals surface area contributed by atoms with E-state index in [4.69, 9.17) is 23.2 Å². The Morgan fingerprint density at radius 2 is 1.77 bits per heavy atom. The van der Waals surface area contributed by atoms with Crippen LogP contribution < -0.4 is 10.2 Å². The molecule has 1 heterocycles. The van der Waals surface area contributed by atoms with Crippen LogP contribution in [-0.2, 0) is 18.5 Å². The smallest absolute Gasteiger partial charge is 0.254 e. The minimum atomic E-state index is -0.228. The zero-order valence-corrected chi connectivity index (χ0v) is 18.0. The molecule has 0 atom stereocenters. The number of nitrogens with zero attached hydrogens (tertiary/aromatic N) is 1. The van der Waals surface area contributed by atoms with Gasteiger partial charge in [0.05, 0.1) is 26.8 Å². The van der Waals surface area contributed by atoms with Crippen LogP contribution in [0.5, 0.6) is 0 Å². The van der Waals surface area contributed by atoms with Crippen molar-refractivity contribution in [1.29, 1.82) is 0 Å². The molecule has 0 saturated heterocycles. The Balaban J connectivity index is 1.42. The quantitative estimate of drug-likeness (QED) is 0.533. The Hall–Kier alpha value is -2.49. The molecule has 1 aliphatic heterocycles. The van der Waals surface area contributed by atoms with Crippen LogP contribution in [0.25, 0.3) is 0 Å². The van der Waals surface area contributed by atoms with Crippen molar-refractivity contribution >= 4 is 34.8 Å². The summed E-state index contributed by atoms with van der Waals surface area (Å²) in [7, 11) is 0. The highest BCUT2D eigenvalue weighted by Gasteiger charge is 2.46. The van der Waals surface area contributed by atoms with Crippen molar-refractivity contribution in [3.63, 3.8) is 0 Å². The van der Waals surface area contributed by atoms with Crippen LogP contribution in [0.3, 0.4) is 0 Å². The number of amides is 1. The summed E-state index contributed by atoms with van der Waals surface area (Å²) < 4.78 is 0. The second-order valence-electron chi connectivity index (χ2n) is 8.14. The molecule has 0 unspecified atom stereocenters. The topological polar surface area (TPSA) is 32.3 Å². The molecule has 2 aliphatic rings. The average Bonchev–Trinajstić information content (AvgIpc) is 3.43. The molecular weight excluding hydrogens is 415 g/mol. The fourth-order valence-corrected chi connectivity index (χ4v) is 4.71. The number of hydrogen-bond acceptors (Lipinski definition) is 2. The van der Waals surface area contributed by atoms with Gasteiger partial charge in [0.15, 0.2) is 0 Å². The van der Waals surface area contributed by atoms with Gasteiger partial charge < -0.3 is 10.2 Å². The number of fused-ring (bicyclic) bond motifs is 1. The summed E-state index contributed by atoms with van der Waals surface area (Å²) in [5, 5.41) is 4.43. The van der Waals surface area contributed by atoms with E-state index < -0.39 is 0 Å². The minimum absolute atomic E-state index is 0.00533. The molecule has 1 N–H and O–H groups in total. The standard InChI is InChI=1S/C25H22Cl2N2O/c26-21-10-9-17(15-22(21)27)16-29-14-11-18-5-4-8-20(23(18)29)24(30)28-25(12-13-25)19-6-2-1-3-7-19/h1-10,15H,11-14,16H2,(H,28,30). The van der Waals surface area contributed by atoms with Gasteiger partial charge in [-0.2, -0.15) is 0 Å². The molecule has 1 amide bonds. The number of carbonyl (C=O) groups is 1. The van der Waals surface area contributed by atoms with Crippen LogP contribution in [0.4, 0.5) is 5.69 Å². The number of nitrogens with one attached hydrogen (secondary N) is 1. The van der Waals surface area contributed by atoms with Crippen molar-refractivity contribution in [3.05, 3.63) is 99.0 Å². The summed E-state index contributed by atoms with van der Waals surface area (Å²) in [6.45, 7) is 1.57. The van der Waals surface area contributed by atoms with E-state index in [9.17, 15) is 4.79 Å². The second-order valence-corrected chi connectivity index (χ2v) is 8.95. The number of anilines is 1. The number of benzene rings is 3. The number of rotatable bonds is 5. The van der Waals surface area contributed by atoms with Crippen LogP contribution in [-0.4, -0.2) is 12.5 Å². The predicted molar refractivity (Wildman–Crippen MR) is 122 cm³/mol. The Morgan fingerprint density at radius 3 is 2.50 bits per heavy atom. The van der Waals surface area contributed by atoms with Gasteiger partial charge in [0.25, 0.3) is 5.91 Å². The Labute approximate surface area is 186 Å². The first kappa shape index (κ1) is 19.5.